The highest BCUT2D eigenvalue weighted by atomic mass is 16.1. The molecule has 0 N–H and O–H groups in total. The SMILES string of the molecule is C=C1CC[C@H]2C(C)(C)CCC[C@]2(C)[C@H]1CC/C(C)=C/CCC(C)=O. The second kappa shape index (κ2) is 7.58. The molecule has 1 nitrogen and oxygen atoms in total. The van der Waals surface area contributed by atoms with Gasteiger partial charge in [0.05, 0.1) is 0 Å². The summed E-state index contributed by atoms with van der Waals surface area (Å²) in [7, 11) is 0. The van der Waals surface area contributed by atoms with Gasteiger partial charge in [-0.2, -0.15) is 0 Å². The third-order valence-corrected chi connectivity index (χ3v) is 7.14. The average Bonchev–Trinajstić information content (AvgIpc) is 2.45. The summed E-state index contributed by atoms with van der Waals surface area (Å²) in [5.74, 6) is 1.81. The van der Waals surface area contributed by atoms with E-state index in [4.69, 9.17) is 0 Å². The summed E-state index contributed by atoms with van der Waals surface area (Å²) in [5, 5.41) is 0. The first-order valence-electron chi connectivity index (χ1n) is 9.99. The lowest BCUT2D eigenvalue weighted by atomic mass is 9.47. The molecule has 0 amide bonds. The summed E-state index contributed by atoms with van der Waals surface area (Å²) >= 11 is 0. The number of ketones is 1. The molecule has 2 aliphatic carbocycles. The van der Waals surface area contributed by atoms with Crippen LogP contribution in [0.1, 0.15) is 92.4 Å². The molecule has 1 heteroatoms. The molecule has 0 aromatic heterocycles. The van der Waals surface area contributed by atoms with Gasteiger partial charge < -0.3 is 4.79 Å². The van der Waals surface area contributed by atoms with Crippen LogP contribution in [0, 0.1) is 22.7 Å². The molecule has 2 rings (SSSR count). The minimum atomic E-state index is 0.291. The lowest BCUT2D eigenvalue weighted by molar-refractivity contribution is -0.116. The molecule has 0 aliphatic heterocycles. The largest absolute Gasteiger partial charge is 0.300 e. The van der Waals surface area contributed by atoms with Gasteiger partial charge in [0.15, 0.2) is 0 Å². The fourth-order valence-electron chi connectivity index (χ4n) is 5.80. The van der Waals surface area contributed by atoms with Crippen LogP contribution in [0.25, 0.3) is 0 Å². The van der Waals surface area contributed by atoms with Gasteiger partial charge in [-0.05, 0) is 81.5 Å². The number of Topliss-reactive ketones (excluding diaryl/α,β-unsaturated/α-hetero) is 1. The first-order chi connectivity index (χ1) is 11.2. The molecule has 0 heterocycles. The quantitative estimate of drug-likeness (QED) is 0.485. The fourth-order valence-corrected chi connectivity index (χ4v) is 5.80. The molecule has 2 aliphatic rings. The maximum absolute atomic E-state index is 11.1. The number of hydrogen-bond acceptors (Lipinski definition) is 1. The van der Waals surface area contributed by atoms with Gasteiger partial charge in [-0.25, -0.2) is 0 Å². The zero-order chi connectivity index (χ0) is 18.0. The second-order valence-corrected chi connectivity index (χ2v) is 9.48. The Morgan fingerprint density at radius 3 is 2.58 bits per heavy atom. The number of hydrogen-bond donors (Lipinski definition) is 0. The fraction of sp³-hybridized carbons (Fsp3) is 0.783. The number of allylic oxidation sites excluding steroid dienone is 3. The number of carbonyl (C=O) groups excluding carboxylic acids is 1. The average molecular weight is 331 g/mol. The highest BCUT2D eigenvalue weighted by molar-refractivity contribution is 5.75. The molecule has 2 saturated carbocycles. The third-order valence-electron chi connectivity index (χ3n) is 7.14. The minimum absolute atomic E-state index is 0.291. The van der Waals surface area contributed by atoms with Gasteiger partial charge >= 0.3 is 0 Å². The highest BCUT2D eigenvalue weighted by Gasteiger charge is 2.52. The molecule has 0 unspecified atom stereocenters. The Labute approximate surface area is 150 Å². The van der Waals surface area contributed by atoms with E-state index in [2.05, 4.69) is 40.3 Å². The van der Waals surface area contributed by atoms with E-state index in [0.717, 1.165) is 18.8 Å². The zero-order valence-electron chi connectivity index (χ0n) is 16.7. The Bertz CT molecular complexity index is 510. The topological polar surface area (TPSA) is 17.1 Å². The summed E-state index contributed by atoms with van der Waals surface area (Å²) in [4.78, 5) is 11.1. The van der Waals surface area contributed by atoms with Crippen molar-refractivity contribution in [2.75, 3.05) is 0 Å². The van der Waals surface area contributed by atoms with Gasteiger partial charge in [-0.1, -0.05) is 51.0 Å². The van der Waals surface area contributed by atoms with Crippen LogP contribution in [-0.4, -0.2) is 5.78 Å². The summed E-state index contributed by atoms with van der Waals surface area (Å²) < 4.78 is 0. The molecule has 136 valence electrons. The van der Waals surface area contributed by atoms with E-state index in [1.165, 1.54) is 49.7 Å². The maximum atomic E-state index is 11.1. The van der Waals surface area contributed by atoms with Crippen molar-refractivity contribution in [3.05, 3.63) is 23.8 Å². The van der Waals surface area contributed by atoms with Gasteiger partial charge in [0.2, 0.25) is 0 Å². The Morgan fingerprint density at radius 1 is 1.21 bits per heavy atom. The summed E-state index contributed by atoms with van der Waals surface area (Å²) in [6.07, 6.45) is 13.0. The number of rotatable bonds is 6. The van der Waals surface area contributed by atoms with E-state index < -0.39 is 0 Å². The number of carbonyl (C=O) groups is 1. The molecule has 0 radical (unpaired) electrons. The Morgan fingerprint density at radius 2 is 1.92 bits per heavy atom. The van der Waals surface area contributed by atoms with Gasteiger partial charge in [-0.3, -0.25) is 0 Å². The van der Waals surface area contributed by atoms with Crippen molar-refractivity contribution in [1.82, 2.24) is 0 Å². The smallest absolute Gasteiger partial charge is 0.130 e. The summed E-state index contributed by atoms with van der Waals surface area (Å²) in [6.45, 7) is 15.9. The molecule has 0 saturated heterocycles. The van der Waals surface area contributed by atoms with Crippen LogP contribution in [-0.2, 0) is 4.79 Å². The number of fused-ring (bicyclic) bond motifs is 1. The molecule has 0 aromatic rings. The second-order valence-electron chi connectivity index (χ2n) is 9.48. The molecule has 24 heavy (non-hydrogen) atoms. The Kier molecular flexibility index (Phi) is 6.15. The van der Waals surface area contributed by atoms with E-state index >= 15 is 0 Å². The van der Waals surface area contributed by atoms with E-state index in [9.17, 15) is 4.79 Å². The lowest BCUT2D eigenvalue weighted by Gasteiger charge is -2.58. The van der Waals surface area contributed by atoms with E-state index in [-0.39, 0.29) is 0 Å². The molecular formula is C23H38O. The van der Waals surface area contributed by atoms with Gasteiger partial charge in [0.1, 0.15) is 5.78 Å². The van der Waals surface area contributed by atoms with Gasteiger partial charge in [0, 0.05) is 6.42 Å². The Hall–Kier alpha value is -0.850. The maximum Gasteiger partial charge on any atom is 0.130 e. The molecule has 3 atom stereocenters. The van der Waals surface area contributed by atoms with Crippen LogP contribution in [0.4, 0.5) is 0 Å². The van der Waals surface area contributed by atoms with Gasteiger partial charge in [-0.15, -0.1) is 0 Å². The van der Waals surface area contributed by atoms with Crippen molar-refractivity contribution in [1.29, 1.82) is 0 Å². The van der Waals surface area contributed by atoms with Crippen molar-refractivity contribution >= 4 is 5.78 Å². The molecule has 0 bridgehead atoms. The zero-order valence-corrected chi connectivity index (χ0v) is 16.7. The van der Waals surface area contributed by atoms with Crippen LogP contribution < -0.4 is 0 Å². The van der Waals surface area contributed by atoms with Gasteiger partial charge in [0.25, 0.3) is 0 Å². The predicted octanol–water partition coefficient (Wildman–Crippen LogP) is 6.88. The van der Waals surface area contributed by atoms with Crippen molar-refractivity contribution in [3.8, 4) is 0 Å². The lowest BCUT2D eigenvalue weighted by Crippen LogP contribution is -2.49. The molecule has 2 fully saturated rings. The first kappa shape index (κ1) is 19.5. The van der Waals surface area contributed by atoms with Crippen molar-refractivity contribution in [2.24, 2.45) is 22.7 Å². The van der Waals surface area contributed by atoms with Crippen LogP contribution in [0.3, 0.4) is 0 Å². The van der Waals surface area contributed by atoms with E-state index in [1.54, 1.807) is 6.92 Å². The minimum Gasteiger partial charge on any atom is -0.300 e. The van der Waals surface area contributed by atoms with Crippen molar-refractivity contribution in [2.45, 2.75) is 92.4 Å². The molecular weight excluding hydrogens is 292 g/mol. The normalized spacial score (nSPS) is 33.2. The predicted molar refractivity (Wildman–Crippen MR) is 104 cm³/mol. The Balaban J connectivity index is 2.04. The monoisotopic (exact) mass is 330 g/mol. The van der Waals surface area contributed by atoms with Crippen LogP contribution in [0.2, 0.25) is 0 Å². The van der Waals surface area contributed by atoms with Crippen LogP contribution in [0.15, 0.2) is 23.8 Å². The third kappa shape index (κ3) is 4.21. The van der Waals surface area contributed by atoms with Crippen molar-refractivity contribution < 1.29 is 4.79 Å². The van der Waals surface area contributed by atoms with Crippen LogP contribution in [0.5, 0.6) is 0 Å². The van der Waals surface area contributed by atoms with Crippen LogP contribution >= 0.6 is 0 Å². The van der Waals surface area contributed by atoms with Crippen molar-refractivity contribution in [3.63, 3.8) is 0 Å². The van der Waals surface area contributed by atoms with E-state index in [0.29, 0.717) is 29.0 Å². The standard InChI is InChI=1S/C23H38O/c1-17(9-7-10-19(3)24)11-13-20-18(2)12-14-21-22(4,5)15-8-16-23(20,21)6/h9,20-21H,2,7-8,10-16H2,1,3-6H3/b17-9+/t20-,21-,23+/m0/s1. The first-order valence-corrected chi connectivity index (χ1v) is 9.99. The van der Waals surface area contributed by atoms with E-state index in [1.807, 2.05) is 0 Å². The molecule has 0 aromatic carbocycles. The highest BCUT2D eigenvalue weighted by Crippen LogP contribution is 2.61. The summed E-state index contributed by atoms with van der Waals surface area (Å²) in [5.41, 5.74) is 3.88. The summed E-state index contributed by atoms with van der Waals surface area (Å²) in [6, 6.07) is 0. The molecule has 0 spiro atoms.